The normalized spacial score (nSPS) is 20.5. The van der Waals surface area contributed by atoms with E-state index in [1.165, 1.54) is 0 Å². The van der Waals surface area contributed by atoms with Gasteiger partial charge in [0, 0.05) is 11.6 Å². The predicted octanol–water partition coefficient (Wildman–Crippen LogP) is 4.16. The third-order valence-corrected chi connectivity index (χ3v) is 3.88. The molecular formula is C16H19ClF3NO2. The van der Waals surface area contributed by atoms with Crippen LogP contribution < -0.4 is 10.1 Å². The Bertz CT molecular complexity index is 575. The van der Waals surface area contributed by atoms with Crippen molar-refractivity contribution in [2.24, 2.45) is 11.8 Å². The van der Waals surface area contributed by atoms with Crippen molar-refractivity contribution in [1.82, 2.24) is 5.32 Å². The van der Waals surface area contributed by atoms with Crippen molar-refractivity contribution < 1.29 is 22.7 Å². The molecular weight excluding hydrogens is 331 g/mol. The fourth-order valence-corrected chi connectivity index (χ4v) is 2.56. The number of benzene rings is 1. The van der Waals surface area contributed by atoms with Crippen LogP contribution in [0, 0.1) is 11.8 Å². The van der Waals surface area contributed by atoms with E-state index in [0.717, 1.165) is 5.56 Å². The standard InChI is InChI=1S/C16H19ClF3NO2/c1-9(2)8-23-14-4-3-11(17)6-13(14)12-5-10(12)7-21-15(22)16(18,19)20/h3-4,6,9-10,12H,5,7-8H2,1-2H3,(H,21,22). The van der Waals surface area contributed by atoms with Crippen LogP contribution in [0.25, 0.3) is 0 Å². The van der Waals surface area contributed by atoms with Crippen molar-refractivity contribution in [3.8, 4) is 5.75 Å². The lowest BCUT2D eigenvalue weighted by Crippen LogP contribution is -2.37. The van der Waals surface area contributed by atoms with E-state index < -0.39 is 12.1 Å². The van der Waals surface area contributed by atoms with E-state index in [-0.39, 0.29) is 18.4 Å². The molecule has 0 saturated heterocycles. The summed E-state index contributed by atoms with van der Waals surface area (Å²) in [5.41, 5.74) is 0.893. The molecule has 1 saturated carbocycles. The van der Waals surface area contributed by atoms with Gasteiger partial charge in [0.25, 0.3) is 0 Å². The summed E-state index contributed by atoms with van der Waals surface area (Å²) in [6.45, 7) is 4.61. The molecule has 1 aliphatic rings. The van der Waals surface area contributed by atoms with Gasteiger partial charge in [-0.05, 0) is 47.9 Å². The summed E-state index contributed by atoms with van der Waals surface area (Å²) in [6.07, 6.45) is -4.14. The van der Waals surface area contributed by atoms with Gasteiger partial charge in [0.1, 0.15) is 5.75 Å². The molecule has 1 fully saturated rings. The molecule has 0 spiro atoms. The topological polar surface area (TPSA) is 38.3 Å². The first-order valence-corrected chi connectivity index (χ1v) is 7.83. The summed E-state index contributed by atoms with van der Waals surface area (Å²) in [5.74, 6) is -0.798. The third kappa shape index (κ3) is 5.03. The first-order chi connectivity index (χ1) is 10.7. The number of amides is 1. The average Bonchev–Trinajstić information content (AvgIpc) is 3.21. The second-order valence-electron chi connectivity index (χ2n) is 6.20. The molecule has 1 N–H and O–H groups in total. The lowest BCUT2D eigenvalue weighted by atomic mass is 10.1. The van der Waals surface area contributed by atoms with Crippen molar-refractivity contribution >= 4 is 17.5 Å². The molecule has 1 aromatic rings. The maximum Gasteiger partial charge on any atom is 0.471 e. The minimum absolute atomic E-state index is 0.000849. The van der Waals surface area contributed by atoms with Crippen LogP contribution in [0.2, 0.25) is 5.02 Å². The van der Waals surface area contributed by atoms with E-state index in [0.29, 0.717) is 29.7 Å². The van der Waals surface area contributed by atoms with Crippen LogP contribution >= 0.6 is 11.6 Å². The first-order valence-electron chi connectivity index (χ1n) is 7.45. The number of hydrogen-bond acceptors (Lipinski definition) is 2. The maximum atomic E-state index is 12.2. The number of ether oxygens (including phenoxy) is 1. The van der Waals surface area contributed by atoms with E-state index in [4.69, 9.17) is 16.3 Å². The molecule has 0 radical (unpaired) electrons. The van der Waals surface area contributed by atoms with Crippen LogP contribution in [0.4, 0.5) is 13.2 Å². The Morgan fingerprint density at radius 1 is 1.43 bits per heavy atom. The Labute approximate surface area is 138 Å². The van der Waals surface area contributed by atoms with E-state index in [9.17, 15) is 18.0 Å². The average molecular weight is 350 g/mol. The zero-order valence-corrected chi connectivity index (χ0v) is 13.7. The molecule has 0 bridgehead atoms. The van der Waals surface area contributed by atoms with Crippen LogP contribution in [0.5, 0.6) is 5.75 Å². The third-order valence-electron chi connectivity index (χ3n) is 3.65. The molecule has 7 heteroatoms. The zero-order valence-electron chi connectivity index (χ0n) is 12.9. The van der Waals surface area contributed by atoms with Gasteiger partial charge in [-0.2, -0.15) is 13.2 Å². The Hall–Kier alpha value is -1.43. The lowest BCUT2D eigenvalue weighted by Gasteiger charge is -2.14. The van der Waals surface area contributed by atoms with Gasteiger partial charge in [-0.15, -0.1) is 0 Å². The van der Waals surface area contributed by atoms with Gasteiger partial charge < -0.3 is 10.1 Å². The van der Waals surface area contributed by atoms with E-state index in [2.05, 4.69) is 0 Å². The monoisotopic (exact) mass is 349 g/mol. The second kappa shape index (κ2) is 6.99. The molecule has 2 rings (SSSR count). The van der Waals surface area contributed by atoms with Gasteiger partial charge >= 0.3 is 12.1 Å². The Balaban J connectivity index is 1.98. The quantitative estimate of drug-likeness (QED) is 0.837. The minimum Gasteiger partial charge on any atom is -0.493 e. The predicted molar refractivity (Wildman–Crippen MR) is 81.7 cm³/mol. The van der Waals surface area contributed by atoms with Gasteiger partial charge in [0.2, 0.25) is 0 Å². The molecule has 128 valence electrons. The fraction of sp³-hybridized carbons (Fsp3) is 0.562. The Morgan fingerprint density at radius 3 is 2.74 bits per heavy atom. The zero-order chi connectivity index (χ0) is 17.2. The molecule has 0 aliphatic heterocycles. The minimum atomic E-state index is -4.84. The number of hydrogen-bond donors (Lipinski definition) is 1. The summed E-state index contributed by atoms with van der Waals surface area (Å²) in [6, 6.07) is 5.29. The Kier molecular flexibility index (Phi) is 5.45. The highest BCUT2D eigenvalue weighted by Gasteiger charge is 2.43. The molecule has 3 nitrogen and oxygen atoms in total. The largest absolute Gasteiger partial charge is 0.493 e. The summed E-state index contributed by atoms with van der Waals surface area (Å²) in [5, 5.41) is 2.49. The fourth-order valence-electron chi connectivity index (χ4n) is 2.38. The van der Waals surface area contributed by atoms with Gasteiger partial charge in [0.15, 0.2) is 0 Å². The van der Waals surface area contributed by atoms with Crippen molar-refractivity contribution in [1.29, 1.82) is 0 Å². The molecule has 2 unspecified atom stereocenters. The number of rotatable bonds is 6. The molecule has 2 atom stereocenters. The van der Waals surface area contributed by atoms with Crippen molar-refractivity contribution in [2.75, 3.05) is 13.2 Å². The van der Waals surface area contributed by atoms with Crippen molar-refractivity contribution in [3.63, 3.8) is 0 Å². The number of carbonyl (C=O) groups excluding carboxylic acids is 1. The molecule has 1 amide bonds. The number of nitrogens with one attached hydrogen (secondary N) is 1. The molecule has 0 heterocycles. The number of halogens is 4. The second-order valence-corrected chi connectivity index (χ2v) is 6.63. The highest BCUT2D eigenvalue weighted by molar-refractivity contribution is 6.30. The summed E-state index contributed by atoms with van der Waals surface area (Å²) < 4.78 is 42.3. The highest BCUT2D eigenvalue weighted by atomic mass is 35.5. The SMILES string of the molecule is CC(C)COc1ccc(Cl)cc1C1CC1CNC(=O)C(F)(F)F. The summed E-state index contributed by atoms with van der Waals surface area (Å²) >= 11 is 6.01. The lowest BCUT2D eigenvalue weighted by molar-refractivity contribution is -0.173. The Morgan fingerprint density at radius 2 is 2.13 bits per heavy atom. The van der Waals surface area contributed by atoms with E-state index in [1.807, 2.05) is 19.2 Å². The highest BCUT2D eigenvalue weighted by Crippen LogP contribution is 2.50. The van der Waals surface area contributed by atoms with Crippen LogP contribution in [-0.2, 0) is 4.79 Å². The summed E-state index contributed by atoms with van der Waals surface area (Å²) in [4.78, 5) is 10.9. The maximum absolute atomic E-state index is 12.2. The van der Waals surface area contributed by atoms with Gasteiger partial charge in [-0.3, -0.25) is 4.79 Å². The molecule has 0 aromatic heterocycles. The van der Waals surface area contributed by atoms with Crippen LogP contribution in [0.1, 0.15) is 31.7 Å². The van der Waals surface area contributed by atoms with Gasteiger partial charge in [0.05, 0.1) is 6.61 Å². The smallest absolute Gasteiger partial charge is 0.471 e. The molecule has 1 aliphatic carbocycles. The van der Waals surface area contributed by atoms with Crippen LogP contribution in [-0.4, -0.2) is 25.2 Å². The van der Waals surface area contributed by atoms with Gasteiger partial charge in [-0.1, -0.05) is 25.4 Å². The van der Waals surface area contributed by atoms with Gasteiger partial charge in [-0.25, -0.2) is 0 Å². The van der Waals surface area contributed by atoms with Crippen molar-refractivity contribution in [3.05, 3.63) is 28.8 Å². The number of carbonyl (C=O) groups is 1. The van der Waals surface area contributed by atoms with Crippen LogP contribution in [0.3, 0.4) is 0 Å². The van der Waals surface area contributed by atoms with Crippen molar-refractivity contribution in [2.45, 2.75) is 32.4 Å². The summed E-state index contributed by atoms with van der Waals surface area (Å²) in [7, 11) is 0. The molecule has 1 aromatic carbocycles. The van der Waals surface area contributed by atoms with E-state index >= 15 is 0 Å². The molecule has 23 heavy (non-hydrogen) atoms. The first kappa shape index (κ1) is 17.9. The van der Waals surface area contributed by atoms with Crippen LogP contribution in [0.15, 0.2) is 18.2 Å². The van der Waals surface area contributed by atoms with E-state index in [1.54, 1.807) is 18.2 Å². The number of alkyl halides is 3.